The predicted molar refractivity (Wildman–Crippen MR) is 89.7 cm³/mol. The Balaban J connectivity index is 1.95. The molecule has 0 aliphatic rings. The summed E-state index contributed by atoms with van der Waals surface area (Å²) in [5.41, 5.74) is 2.08. The lowest BCUT2D eigenvalue weighted by atomic mass is 10.1. The summed E-state index contributed by atoms with van der Waals surface area (Å²) in [5.74, 6) is -0.632. The normalized spacial score (nSPS) is 11.0. The topological polar surface area (TPSA) is 111 Å². The van der Waals surface area contributed by atoms with Crippen molar-refractivity contribution in [3.8, 4) is 5.75 Å². The highest BCUT2D eigenvalue weighted by molar-refractivity contribution is 5.98. The van der Waals surface area contributed by atoms with Crippen molar-refractivity contribution in [3.63, 3.8) is 0 Å². The zero-order chi connectivity index (χ0) is 18.2. The van der Waals surface area contributed by atoms with Gasteiger partial charge in [0.15, 0.2) is 6.61 Å². The van der Waals surface area contributed by atoms with Crippen LogP contribution in [-0.4, -0.2) is 28.3 Å². The second-order valence-corrected chi connectivity index (χ2v) is 5.08. The Hall–Kier alpha value is -3.42. The summed E-state index contributed by atoms with van der Waals surface area (Å²) in [5, 5.41) is 23.2. The maximum absolute atomic E-state index is 10.6. The molecule has 2 aromatic rings. The highest BCUT2D eigenvalue weighted by Crippen LogP contribution is 2.15. The van der Waals surface area contributed by atoms with Crippen molar-refractivity contribution in [2.75, 3.05) is 6.61 Å². The van der Waals surface area contributed by atoms with E-state index in [2.05, 4.69) is 5.16 Å². The fraction of sp³-hybridized carbons (Fsp3) is 0.176. The third-order valence-corrected chi connectivity index (χ3v) is 3.19. The molecule has 0 saturated heterocycles. The van der Waals surface area contributed by atoms with Gasteiger partial charge in [0.25, 0.3) is 5.69 Å². The van der Waals surface area contributed by atoms with Crippen molar-refractivity contribution < 1.29 is 24.4 Å². The molecule has 0 fully saturated rings. The number of hydrogen-bond donors (Lipinski definition) is 1. The Bertz CT molecular complexity index is 786. The average Bonchev–Trinajstić information content (AvgIpc) is 2.60. The molecule has 0 saturated carbocycles. The molecule has 0 unspecified atom stereocenters. The van der Waals surface area contributed by atoms with Crippen LogP contribution in [0.5, 0.6) is 5.75 Å². The van der Waals surface area contributed by atoms with Crippen LogP contribution in [0, 0.1) is 10.1 Å². The van der Waals surface area contributed by atoms with Crippen LogP contribution < -0.4 is 4.74 Å². The number of carbonyl (C=O) groups is 1. The number of ether oxygens (including phenoxy) is 1. The molecule has 0 aromatic heterocycles. The highest BCUT2D eigenvalue weighted by Gasteiger charge is 2.05. The molecule has 0 bridgehead atoms. The number of aliphatic carboxylic acids is 1. The van der Waals surface area contributed by atoms with Gasteiger partial charge in [-0.1, -0.05) is 17.3 Å². The number of hydrogen-bond acceptors (Lipinski definition) is 6. The molecule has 0 atom stereocenters. The summed E-state index contributed by atoms with van der Waals surface area (Å²) in [6.07, 6.45) is 0. The van der Waals surface area contributed by atoms with Gasteiger partial charge in [0.05, 0.1) is 10.6 Å². The molecule has 130 valence electrons. The zero-order valence-corrected chi connectivity index (χ0v) is 13.4. The second kappa shape index (κ2) is 8.44. The maximum Gasteiger partial charge on any atom is 0.341 e. The number of carboxylic acid groups (broad SMARTS) is 1. The molecule has 2 aromatic carbocycles. The van der Waals surface area contributed by atoms with E-state index in [1.807, 2.05) is 0 Å². The first-order valence-corrected chi connectivity index (χ1v) is 7.30. The monoisotopic (exact) mass is 344 g/mol. The molecule has 0 heterocycles. The van der Waals surface area contributed by atoms with Crippen LogP contribution >= 0.6 is 0 Å². The Morgan fingerprint density at radius 2 is 1.96 bits per heavy atom. The molecule has 0 amide bonds. The number of nitro groups is 1. The lowest BCUT2D eigenvalue weighted by Gasteiger charge is -2.06. The number of carboxylic acids is 1. The van der Waals surface area contributed by atoms with Crippen LogP contribution in [0.4, 0.5) is 5.69 Å². The molecule has 0 radical (unpaired) electrons. The fourth-order valence-corrected chi connectivity index (χ4v) is 1.93. The SMILES string of the molecule is C/C(=N\OCc1ccc([N+](=O)[O-])cc1)c1cccc(OCC(=O)O)c1. The van der Waals surface area contributed by atoms with Gasteiger partial charge in [-0.2, -0.15) is 0 Å². The highest BCUT2D eigenvalue weighted by atomic mass is 16.6. The summed E-state index contributed by atoms with van der Waals surface area (Å²) in [6, 6.07) is 12.8. The van der Waals surface area contributed by atoms with Crippen LogP contribution in [0.3, 0.4) is 0 Å². The predicted octanol–water partition coefficient (Wildman–Crippen LogP) is 3.00. The first kappa shape index (κ1) is 17.9. The lowest BCUT2D eigenvalue weighted by Crippen LogP contribution is -2.09. The van der Waals surface area contributed by atoms with Crippen molar-refractivity contribution in [2.24, 2.45) is 5.16 Å². The number of benzene rings is 2. The smallest absolute Gasteiger partial charge is 0.341 e. The van der Waals surface area contributed by atoms with Gasteiger partial charge < -0.3 is 14.7 Å². The molecular weight excluding hydrogens is 328 g/mol. The summed E-state index contributed by atoms with van der Waals surface area (Å²) >= 11 is 0. The van der Waals surface area contributed by atoms with Gasteiger partial charge in [-0.05, 0) is 36.8 Å². The molecule has 0 spiro atoms. The first-order chi connectivity index (χ1) is 12.0. The number of rotatable bonds is 8. The number of oxime groups is 1. The zero-order valence-electron chi connectivity index (χ0n) is 13.4. The van der Waals surface area contributed by atoms with E-state index in [4.69, 9.17) is 14.7 Å². The molecule has 0 aliphatic heterocycles. The summed E-state index contributed by atoms with van der Waals surface area (Å²) in [4.78, 5) is 25.9. The van der Waals surface area contributed by atoms with Crippen molar-refractivity contribution in [1.29, 1.82) is 0 Å². The number of nitro benzene ring substituents is 1. The number of nitrogens with zero attached hydrogens (tertiary/aromatic N) is 2. The molecule has 25 heavy (non-hydrogen) atoms. The second-order valence-electron chi connectivity index (χ2n) is 5.08. The number of non-ortho nitro benzene ring substituents is 1. The minimum Gasteiger partial charge on any atom is -0.482 e. The van der Waals surface area contributed by atoms with Crippen molar-refractivity contribution in [1.82, 2.24) is 0 Å². The van der Waals surface area contributed by atoms with E-state index in [0.29, 0.717) is 11.5 Å². The third-order valence-electron chi connectivity index (χ3n) is 3.19. The van der Waals surface area contributed by atoms with E-state index in [1.54, 1.807) is 43.3 Å². The Labute approximate surface area is 143 Å². The molecule has 8 nitrogen and oxygen atoms in total. The van der Waals surface area contributed by atoms with Crippen molar-refractivity contribution >= 4 is 17.4 Å². The minimum absolute atomic E-state index is 0.0154. The molecule has 1 N–H and O–H groups in total. The van der Waals surface area contributed by atoms with Crippen molar-refractivity contribution in [3.05, 3.63) is 69.8 Å². The van der Waals surface area contributed by atoms with E-state index in [1.165, 1.54) is 12.1 Å². The molecule has 8 heteroatoms. The minimum atomic E-state index is -1.05. The fourth-order valence-electron chi connectivity index (χ4n) is 1.93. The summed E-state index contributed by atoms with van der Waals surface area (Å²) in [7, 11) is 0. The van der Waals surface area contributed by atoms with E-state index in [-0.39, 0.29) is 12.3 Å². The van der Waals surface area contributed by atoms with Gasteiger partial charge in [-0.25, -0.2) is 4.79 Å². The molecule has 0 aliphatic carbocycles. The third kappa shape index (κ3) is 5.61. The van der Waals surface area contributed by atoms with Gasteiger partial charge in [0.2, 0.25) is 0 Å². The van der Waals surface area contributed by atoms with Crippen LogP contribution in [0.25, 0.3) is 0 Å². The average molecular weight is 344 g/mol. The van der Waals surface area contributed by atoms with Gasteiger partial charge in [0.1, 0.15) is 12.4 Å². The Kier molecular flexibility index (Phi) is 6.05. The van der Waals surface area contributed by atoms with Crippen LogP contribution in [0.15, 0.2) is 53.7 Å². The quantitative estimate of drug-likeness (QED) is 0.447. The van der Waals surface area contributed by atoms with E-state index in [9.17, 15) is 14.9 Å². The van der Waals surface area contributed by atoms with Gasteiger partial charge in [-0.3, -0.25) is 10.1 Å². The molecule has 2 rings (SSSR count). The summed E-state index contributed by atoms with van der Waals surface area (Å²) in [6.45, 7) is 1.49. The Morgan fingerprint density at radius 1 is 1.24 bits per heavy atom. The van der Waals surface area contributed by atoms with Crippen LogP contribution in [0.1, 0.15) is 18.1 Å². The first-order valence-electron chi connectivity index (χ1n) is 7.30. The lowest BCUT2D eigenvalue weighted by molar-refractivity contribution is -0.384. The van der Waals surface area contributed by atoms with E-state index < -0.39 is 17.5 Å². The van der Waals surface area contributed by atoms with Gasteiger partial charge in [-0.15, -0.1) is 0 Å². The van der Waals surface area contributed by atoms with Gasteiger partial charge >= 0.3 is 5.97 Å². The van der Waals surface area contributed by atoms with Crippen LogP contribution in [0.2, 0.25) is 0 Å². The van der Waals surface area contributed by atoms with Crippen LogP contribution in [-0.2, 0) is 16.2 Å². The largest absolute Gasteiger partial charge is 0.482 e. The van der Waals surface area contributed by atoms with Gasteiger partial charge in [0, 0.05) is 17.7 Å². The molecular formula is C17H16N2O6. The maximum atomic E-state index is 10.6. The van der Waals surface area contributed by atoms with Crippen molar-refractivity contribution in [2.45, 2.75) is 13.5 Å². The van der Waals surface area contributed by atoms with E-state index in [0.717, 1.165) is 11.1 Å². The van der Waals surface area contributed by atoms with E-state index >= 15 is 0 Å². The Morgan fingerprint density at radius 3 is 2.60 bits per heavy atom. The standard InChI is InChI=1S/C17H16N2O6/c1-12(14-3-2-4-16(9-14)24-11-17(20)21)18-25-10-13-5-7-15(8-6-13)19(22)23/h2-9H,10-11H2,1H3,(H,20,21)/b18-12+. The summed E-state index contributed by atoms with van der Waals surface area (Å²) < 4.78 is 5.11.